The van der Waals surface area contributed by atoms with Gasteiger partial charge in [-0.2, -0.15) is 0 Å². The summed E-state index contributed by atoms with van der Waals surface area (Å²) in [6.07, 6.45) is 6.77. The zero-order valence-corrected chi connectivity index (χ0v) is 11.5. The minimum absolute atomic E-state index is 0.102. The van der Waals surface area contributed by atoms with Crippen LogP contribution in [0.3, 0.4) is 0 Å². The average molecular weight is 255 g/mol. The molecule has 1 atom stereocenters. The molecule has 1 saturated carbocycles. The van der Waals surface area contributed by atoms with Gasteiger partial charge in [-0.25, -0.2) is 4.79 Å². The molecule has 0 aliphatic heterocycles. The van der Waals surface area contributed by atoms with E-state index in [1.165, 1.54) is 0 Å². The van der Waals surface area contributed by atoms with E-state index >= 15 is 0 Å². The molecule has 1 aliphatic carbocycles. The highest BCUT2D eigenvalue weighted by Gasteiger charge is 2.40. The number of aliphatic carboxylic acids is 1. The van der Waals surface area contributed by atoms with Crippen LogP contribution in [0.5, 0.6) is 0 Å². The predicted octanol–water partition coefficient (Wildman–Crippen LogP) is 2.72. The van der Waals surface area contributed by atoms with E-state index in [-0.39, 0.29) is 11.8 Å². The molecule has 1 amide bonds. The van der Waals surface area contributed by atoms with Crippen LogP contribution >= 0.6 is 0 Å². The summed E-state index contributed by atoms with van der Waals surface area (Å²) in [7, 11) is 0. The molecule has 0 aromatic carbocycles. The van der Waals surface area contributed by atoms with Gasteiger partial charge in [-0.15, -0.1) is 0 Å². The van der Waals surface area contributed by atoms with E-state index in [0.717, 1.165) is 38.5 Å². The predicted molar refractivity (Wildman–Crippen MR) is 70.3 cm³/mol. The Balaban J connectivity index is 2.72. The fraction of sp³-hybridized carbons (Fsp3) is 0.857. The maximum atomic E-state index is 12.0. The third kappa shape index (κ3) is 3.72. The van der Waals surface area contributed by atoms with Crippen molar-refractivity contribution in [3.63, 3.8) is 0 Å². The number of hydrogen-bond acceptors (Lipinski definition) is 2. The van der Waals surface area contributed by atoms with Crippen molar-refractivity contribution in [2.45, 2.75) is 70.8 Å². The van der Waals surface area contributed by atoms with Gasteiger partial charge in [0, 0.05) is 5.92 Å². The summed E-state index contributed by atoms with van der Waals surface area (Å²) in [5.74, 6) is -1.09. The first-order valence-electron chi connectivity index (χ1n) is 7.07. The molecular formula is C14H25NO3. The van der Waals surface area contributed by atoms with E-state index in [0.29, 0.717) is 12.8 Å². The number of amides is 1. The Labute approximate surface area is 109 Å². The molecule has 0 spiro atoms. The highest BCUT2D eigenvalue weighted by molar-refractivity contribution is 5.87. The molecule has 0 bridgehead atoms. The Kier molecular flexibility index (Phi) is 5.63. The van der Waals surface area contributed by atoms with Crippen LogP contribution in [0, 0.1) is 5.92 Å². The van der Waals surface area contributed by atoms with Gasteiger partial charge in [0.1, 0.15) is 5.54 Å². The standard InChI is InChI=1S/C14H25NO3/c1-3-8-11(2)12(16)15-14(13(17)18)9-6-4-5-7-10-14/h11H,3-10H2,1-2H3,(H,15,16)(H,17,18). The first-order valence-corrected chi connectivity index (χ1v) is 7.07. The number of carboxylic acids is 1. The molecule has 1 aliphatic rings. The van der Waals surface area contributed by atoms with E-state index in [1.54, 1.807) is 0 Å². The minimum atomic E-state index is -1.02. The van der Waals surface area contributed by atoms with Crippen LogP contribution in [0.4, 0.5) is 0 Å². The van der Waals surface area contributed by atoms with Crippen molar-refractivity contribution in [1.82, 2.24) is 5.32 Å². The van der Waals surface area contributed by atoms with Crippen molar-refractivity contribution in [3.8, 4) is 0 Å². The molecule has 2 N–H and O–H groups in total. The molecule has 0 radical (unpaired) electrons. The second kappa shape index (κ2) is 6.76. The molecular weight excluding hydrogens is 230 g/mol. The molecule has 1 fully saturated rings. The maximum absolute atomic E-state index is 12.0. The fourth-order valence-electron chi connectivity index (χ4n) is 2.65. The summed E-state index contributed by atoms with van der Waals surface area (Å²) in [6, 6.07) is 0. The lowest BCUT2D eigenvalue weighted by Gasteiger charge is -2.30. The number of carboxylic acid groups (broad SMARTS) is 1. The summed E-state index contributed by atoms with van der Waals surface area (Å²) < 4.78 is 0. The summed E-state index contributed by atoms with van der Waals surface area (Å²) in [5.41, 5.74) is -1.02. The number of rotatable bonds is 5. The zero-order valence-electron chi connectivity index (χ0n) is 11.5. The second-order valence-electron chi connectivity index (χ2n) is 5.48. The molecule has 18 heavy (non-hydrogen) atoms. The van der Waals surface area contributed by atoms with Gasteiger partial charge in [0.2, 0.25) is 5.91 Å². The van der Waals surface area contributed by atoms with Crippen LogP contribution in [-0.2, 0) is 9.59 Å². The van der Waals surface area contributed by atoms with Gasteiger partial charge in [0.15, 0.2) is 0 Å². The zero-order chi connectivity index (χ0) is 13.6. The van der Waals surface area contributed by atoms with Crippen LogP contribution < -0.4 is 5.32 Å². The topological polar surface area (TPSA) is 66.4 Å². The van der Waals surface area contributed by atoms with Gasteiger partial charge in [-0.05, 0) is 19.3 Å². The lowest BCUT2D eigenvalue weighted by molar-refractivity contribution is -0.149. The third-order valence-electron chi connectivity index (χ3n) is 3.90. The van der Waals surface area contributed by atoms with E-state index < -0.39 is 11.5 Å². The first kappa shape index (κ1) is 15.0. The molecule has 4 nitrogen and oxygen atoms in total. The van der Waals surface area contributed by atoms with Crippen molar-refractivity contribution in [1.29, 1.82) is 0 Å². The molecule has 0 aromatic heterocycles. The van der Waals surface area contributed by atoms with Crippen molar-refractivity contribution in [2.75, 3.05) is 0 Å². The lowest BCUT2D eigenvalue weighted by Crippen LogP contribution is -2.55. The van der Waals surface area contributed by atoms with Crippen LogP contribution in [0.2, 0.25) is 0 Å². The monoisotopic (exact) mass is 255 g/mol. The lowest BCUT2D eigenvalue weighted by atomic mass is 9.89. The van der Waals surface area contributed by atoms with Gasteiger partial charge >= 0.3 is 5.97 Å². The molecule has 1 unspecified atom stereocenters. The first-order chi connectivity index (χ1) is 8.52. The van der Waals surface area contributed by atoms with Gasteiger partial charge in [0.25, 0.3) is 0 Å². The van der Waals surface area contributed by atoms with Crippen LogP contribution in [-0.4, -0.2) is 22.5 Å². The van der Waals surface area contributed by atoms with Gasteiger partial charge in [-0.3, -0.25) is 4.79 Å². The molecule has 104 valence electrons. The third-order valence-corrected chi connectivity index (χ3v) is 3.90. The fourth-order valence-corrected chi connectivity index (χ4v) is 2.65. The summed E-state index contributed by atoms with van der Waals surface area (Å²) in [4.78, 5) is 23.6. The number of hydrogen-bond donors (Lipinski definition) is 2. The average Bonchev–Trinajstić information content (AvgIpc) is 2.56. The van der Waals surface area contributed by atoms with Crippen LogP contribution in [0.25, 0.3) is 0 Å². The number of nitrogens with one attached hydrogen (secondary N) is 1. The maximum Gasteiger partial charge on any atom is 0.329 e. The Hall–Kier alpha value is -1.06. The normalized spacial score (nSPS) is 20.8. The van der Waals surface area contributed by atoms with Crippen LogP contribution in [0.15, 0.2) is 0 Å². The van der Waals surface area contributed by atoms with Crippen molar-refractivity contribution in [3.05, 3.63) is 0 Å². The Bertz CT molecular complexity index is 293. The van der Waals surface area contributed by atoms with Gasteiger partial charge in [-0.1, -0.05) is 46.0 Å². The van der Waals surface area contributed by atoms with Crippen LogP contribution in [0.1, 0.15) is 65.2 Å². The number of carbonyl (C=O) groups is 2. The van der Waals surface area contributed by atoms with E-state index in [9.17, 15) is 14.7 Å². The Morgan fingerprint density at radius 3 is 2.22 bits per heavy atom. The highest BCUT2D eigenvalue weighted by atomic mass is 16.4. The van der Waals surface area contributed by atoms with Gasteiger partial charge in [0.05, 0.1) is 0 Å². The van der Waals surface area contributed by atoms with E-state index in [1.807, 2.05) is 13.8 Å². The molecule has 0 aromatic rings. The summed E-state index contributed by atoms with van der Waals surface area (Å²) in [6.45, 7) is 3.90. The van der Waals surface area contributed by atoms with E-state index in [2.05, 4.69) is 5.32 Å². The smallest absolute Gasteiger partial charge is 0.329 e. The van der Waals surface area contributed by atoms with Crippen molar-refractivity contribution >= 4 is 11.9 Å². The van der Waals surface area contributed by atoms with Gasteiger partial charge < -0.3 is 10.4 Å². The number of carbonyl (C=O) groups excluding carboxylic acids is 1. The summed E-state index contributed by atoms with van der Waals surface area (Å²) in [5, 5.41) is 12.3. The molecule has 0 heterocycles. The minimum Gasteiger partial charge on any atom is -0.480 e. The summed E-state index contributed by atoms with van der Waals surface area (Å²) >= 11 is 0. The quantitative estimate of drug-likeness (QED) is 0.742. The molecule has 0 saturated heterocycles. The van der Waals surface area contributed by atoms with E-state index in [4.69, 9.17) is 0 Å². The van der Waals surface area contributed by atoms with Crippen molar-refractivity contribution < 1.29 is 14.7 Å². The largest absolute Gasteiger partial charge is 0.480 e. The SMILES string of the molecule is CCCC(C)C(=O)NC1(C(=O)O)CCCCCC1. The van der Waals surface area contributed by atoms with Crippen molar-refractivity contribution in [2.24, 2.45) is 5.92 Å². The Morgan fingerprint density at radius 2 is 1.78 bits per heavy atom. The molecule has 4 heteroatoms. The highest BCUT2D eigenvalue weighted by Crippen LogP contribution is 2.28. The second-order valence-corrected chi connectivity index (χ2v) is 5.48. The Morgan fingerprint density at radius 1 is 1.22 bits per heavy atom. The molecule has 1 rings (SSSR count).